The maximum Gasteiger partial charge on any atom is 0.226 e. The number of thiophene rings is 1. The maximum atomic E-state index is 13.2. The second kappa shape index (κ2) is 6.17. The van der Waals surface area contributed by atoms with Crippen molar-refractivity contribution in [2.24, 2.45) is 0 Å². The van der Waals surface area contributed by atoms with E-state index in [-0.39, 0.29) is 17.7 Å². The van der Waals surface area contributed by atoms with Crippen LogP contribution in [0.5, 0.6) is 0 Å². The summed E-state index contributed by atoms with van der Waals surface area (Å²) in [6.07, 6.45) is 2.90. The van der Waals surface area contributed by atoms with Gasteiger partial charge in [0.1, 0.15) is 12.4 Å². The molecule has 3 heterocycles. The largest absolute Gasteiger partial charge is 0.328 e. The van der Waals surface area contributed by atoms with Crippen molar-refractivity contribution in [3.63, 3.8) is 0 Å². The first-order valence-electron chi connectivity index (χ1n) is 8.42. The number of carbonyl (C=O) groups is 1. The molecule has 0 bridgehead atoms. The average Bonchev–Trinajstić information content (AvgIpc) is 3.32. The van der Waals surface area contributed by atoms with Crippen LogP contribution in [-0.4, -0.2) is 20.5 Å². The minimum atomic E-state index is -0.228. The molecule has 1 N–H and O–H groups in total. The lowest BCUT2D eigenvalue weighted by Crippen LogP contribution is -2.33. The summed E-state index contributed by atoms with van der Waals surface area (Å²) in [5.41, 5.74) is 2.84. The number of hydrogen-bond acceptors (Lipinski definition) is 5. The van der Waals surface area contributed by atoms with E-state index in [1.165, 1.54) is 11.2 Å². The minimum absolute atomic E-state index is 0.186. The monoisotopic (exact) mass is 426 g/mol. The zero-order valence-electron chi connectivity index (χ0n) is 13.7. The van der Waals surface area contributed by atoms with E-state index in [0.717, 1.165) is 27.7 Å². The molecule has 7 heteroatoms. The summed E-state index contributed by atoms with van der Waals surface area (Å²) in [5, 5.41) is 9.80. The number of Topliss-reactive ketones (excluding diaryl/α,β-unsaturated/α-hetero) is 1. The van der Waals surface area contributed by atoms with E-state index in [9.17, 15) is 4.79 Å². The lowest BCUT2D eigenvalue weighted by molar-refractivity contribution is -0.116. The molecule has 5 rings (SSSR count). The van der Waals surface area contributed by atoms with Crippen molar-refractivity contribution in [3.8, 4) is 0 Å². The Kier molecular flexibility index (Phi) is 3.79. The lowest BCUT2D eigenvalue weighted by atomic mass is 9.80. The Bertz CT molecular complexity index is 1010. The highest BCUT2D eigenvalue weighted by atomic mass is 79.9. The number of carbonyl (C=O) groups excluding carboxylic acids is 1. The van der Waals surface area contributed by atoms with Crippen LogP contribution in [0.2, 0.25) is 0 Å². The van der Waals surface area contributed by atoms with Crippen molar-refractivity contribution in [1.29, 1.82) is 0 Å². The highest BCUT2D eigenvalue weighted by Gasteiger charge is 2.39. The van der Waals surface area contributed by atoms with Gasteiger partial charge in [0, 0.05) is 33.0 Å². The van der Waals surface area contributed by atoms with Gasteiger partial charge in [-0.25, -0.2) is 4.68 Å². The van der Waals surface area contributed by atoms with Gasteiger partial charge in [-0.3, -0.25) is 4.79 Å². The van der Waals surface area contributed by atoms with Gasteiger partial charge in [-0.05, 0) is 35.6 Å². The molecule has 1 aliphatic heterocycles. The maximum absolute atomic E-state index is 13.2. The quantitative estimate of drug-likeness (QED) is 0.654. The third-order valence-electron chi connectivity index (χ3n) is 4.99. The smallest absolute Gasteiger partial charge is 0.226 e. The molecule has 1 aromatic carbocycles. The Morgan fingerprint density at radius 1 is 1.19 bits per heavy atom. The van der Waals surface area contributed by atoms with Crippen LogP contribution in [0.4, 0.5) is 5.95 Å². The fourth-order valence-corrected chi connectivity index (χ4v) is 4.92. The van der Waals surface area contributed by atoms with E-state index in [2.05, 4.69) is 42.8 Å². The summed E-state index contributed by atoms with van der Waals surface area (Å²) < 4.78 is 2.82. The molecular formula is C19H15BrN4OS. The topological polar surface area (TPSA) is 59.8 Å². The highest BCUT2D eigenvalue weighted by Crippen LogP contribution is 2.44. The molecule has 26 heavy (non-hydrogen) atoms. The Balaban J connectivity index is 1.62. The fraction of sp³-hybridized carbons (Fsp3) is 0.211. The number of halogens is 1. The lowest BCUT2D eigenvalue weighted by Gasteiger charge is -2.34. The summed E-state index contributed by atoms with van der Waals surface area (Å²) in [6, 6.07) is 12.0. The molecule has 0 unspecified atom stereocenters. The fourth-order valence-electron chi connectivity index (χ4n) is 3.83. The normalized spacial score (nSPS) is 22.0. The van der Waals surface area contributed by atoms with Crippen molar-refractivity contribution in [2.45, 2.75) is 24.8 Å². The van der Waals surface area contributed by atoms with E-state index in [0.29, 0.717) is 12.4 Å². The number of benzene rings is 1. The zero-order valence-corrected chi connectivity index (χ0v) is 16.1. The molecule has 5 nitrogen and oxygen atoms in total. The summed E-state index contributed by atoms with van der Waals surface area (Å²) in [4.78, 5) is 18.8. The number of anilines is 1. The molecule has 2 aliphatic rings. The first-order chi connectivity index (χ1) is 12.7. The molecule has 0 saturated carbocycles. The standard InChI is InChI=1S/C19H15BrN4OS/c20-13-5-3-11(4-6-13)18-17-14(23-19-21-10-22-24(18)19)8-12(9-15(17)25)16-2-1-7-26-16/h1-7,10,12,18H,8-9H2,(H,21,22,23)/t12-,18+/m0/s1. The SMILES string of the molecule is O=C1C[C@@H](c2cccs2)CC2=C1[C@@H](c1ccc(Br)cc1)n1ncnc1N2. The number of nitrogens with zero attached hydrogens (tertiary/aromatic N) is 3. The van der Waals surface area contributed by atoms with Gasteiger partial charge in [-0.2, -0.15) is 10.1 Å². The van der Waals surface area contributed by atoms with E-state index >= 15 is 0 Å². The van der Waals surface area contributed by atoms with Gasteiger partial charge >= 0.3 is 0 Å². The first kappa shape index (κ1) is 16.0. The van der Waals surface area contributed by atoms with Gasteiger partial charge in [0.25, 0.3) is 0 Å². The second-order valence-electron chi connectivity index (χ2n) is 6.54. The third kappa shape index (κ3) is 2.54. The van der Waals surface area contributed by atoms with E-state index in [1.54, 1.807) is 11.3 Å². The van der Waals surface area contributed by atoms with Crippen LogP contribution in [0, 0.1) is 0 Å². The Morgan fingerprint density at radius 2 is 2.04 bits per heavy atom. The molecule has 2 atom stereocenters. The molecule has 0 radical (unpaired) electrons. The summed E-state index contributed by atoms with van der Waals surface area (Å²) in [6.45, 7) is 0. The van der Waals surface area contributed by atoms with E-state index in [1.807, 2.05) is 35.0 Å². The van der Waals surface area contributed by atoms with Crippen LogP contribution in [0.3, 0.4) is 0 Å². The highest BCUT2D eigenvalue weighted by molar-refractivity contribution is 9.10. The number of fused-ring (bicyclic) bond motifs is 1. The molecule has 130 valence electrons. The first-order valence-corrected chi connectivity index (χ1v) is 10.1. The predicted molar refractivity (Wildman–Crippen MR) is 104 cm³/mol. The van der Waals surface area contributed by atoms with Gasteiger partial charge in [0.05, 0.1) is 0 Å². The average molecular weight is 427 g/mol. The van der Waals surface area contributed by atoms with Gasteiger partial charge in [0.15, 0.2) is 5.78 Å². The van der Waals surface area contributed by atoms with Gasteiger partial charge in [0.2, 0.25) is 5.95 Å². The number of aromatic nitrogens is 3. The van der Waals surface area contributed by atoms with Crippen molar-refractivity contribution in [2.75, 3.05) is 5.32 Å². The van der Waals surface area contributed by atoms with Crippen LogP contribution < -0.4 is 5.32 Å². The Hall–Kier alpha value is -2.25. The number of hydrogen-bond donors (Lipinski definition) is 1. The third-order valence-corrected chi connectivity index (χ3v) is 6.56. The number of allylic oxidation sites excluding steroid dienone is 2. The summed E-state index contributed by atoms with van der Waals surface area (Å²) >= 11 is 5.20. The number of rotatable bonds is 2. The predicted octanol–water partition coefficient (Wildman–Crippen LogP) is 4.52. The van der Waals surface area contributed by atoms with Crippen LogP contribution in [0.15, 0.2) is 63.8 Å². The molecule has 0 spiro atoms. The molecule has 3 aromatic rings. The Morgan fingerprint density at radius 3 is 2.81 bits per heavy atom. The zero-order chi connectivity index (χ0) is 17.7. The molecule has 0 saturated heterocycles. The number of nitrogens with one attached hydrogen (secondary N) is 1. The van der Waals surface area contributed by atoms with Crippen LogP contribution in [0.25, 0.3) is 0 Å². The second-order valence-corrected chi connectivity index (χ2v) is 8.44. The van der Waals surface area contributed by atoms with Gasteiger partial charge in [-0.15, -0.1) is 11.3 Å². The van der Waals surface area contributed by atoms with Crippen LogP contribution >= 0.6 is 27.3 Å². The van der Waals surface area contributed by atoms with Crippen molar-refractivity contribution in [1.82, 2.24) is 14.8 Å². The van der Waals surface area contributed by atoms with Crippen LogP contribution in [0.1, 0.15) is 35.2 Å². The Labute approximate surface area is 162 Å². The van der Waals surface area contributed by atoms with Gasteiger partial charge in [-0.1, -0.05) is 34.1 Å². The van der Waals surface area contributed by atoms with E-state index < -0.39 is 0 Å². The number of ketones is 1. The summed E-state index contributed by atoms with van der Waals surface area (Å²) in [5.74, 6) is 1.11. The molecule has 0 fully saturated rings. The van der Waals surface area contributed by atoms with E-state index in [4.69, 9.17) is 0 Å². The van der Waals surface area contributed by atoms with Crippen molar-refractivity contribution >= 4 is 39.0 Å². The van der Waals surface area contributed by atoms with Gasteiger partial charge < -0.3 is 5.32 Å². The summed E-state index contributed by atoms with van der Waals surface area (Å²) in [7, 11) is 0. The molecule has 1 aliphatic carbocycles. The minimum Gasteiger partial charge on any atom is -0.328 e. The molecule has 0 amide bonds. The van der Waals surface area contributed by atoms with Crippen molar-refractivity contribution in [3.05, 3.63) is 74.3 Å². The molecule has 2 aromatic heterocycles. The molecular weight excluding hydrogens is 412 g/mol. The van der Waals surface area contributed by atoms with Crippen LogP contribution in [-0.2, 0) is 4.79 Å². The van der Waals surface area contributed by atoms with Crippen molar-refractivity contribution < 1.29 is 4.79 Å².